The van der Waals surface area contributed by atoms with Crippen molar-refractivity contribution in [3.05, 3.63) is 5.28 Å². The fourth-order valence-electron chi connectivity index (χ4n) is 1.22. The van der Waals surface area contributed by atoms with Crippen LogP contribution in [-0.2, 0) is 10.0 Å². The molecular formula is C10H18ClN5O3S. The van der Waals surface area contributed by atoms with Gasteiger partial charge in [0, 0.05) is 13.1 Å². The zero-order chi connectivity index (χ0) is 15.2. The third-order valence-electron chi connectivity index (χ3n) is 1.93. The van der Waals surface area contributed by atoms with Crippen LogP contribution in [0.15, 0.2) is 0 Å². The Morgan fingerprint density at radius 1 is 1.25 bits per heavy atom. The summed E-state index contributed by atoms with van der Waals surface area (Å²) in [5, 5.41) is 2.96. The molecule has 0 fully saturated rings. The van der Waals surface area contributed by atoms with Crippen molar-refractivity contribution in [3.8, 4) is 6.01 Å². The van der Waals surface area contributed by atoms with Crippen LogP contribution in [0.2, 0.25) is 5.28 Å². The maximum Gasteiger partial charge on any atom is 0.322 e. The molecule has 0 saturated heterocycles. The molecule has 0 aliphatic carbocycles. The predicted octanol–water partition coefficient (Wildman–Crippen LogP) is 0.663. The highest BCUT2D eigenvalue weighted by Crippen LogP contribution is 2.12. The van der Waals surface area contributed by atoms with E-state index in [-0.39, 0.29) is 17.4 Å². The van der Waals surface area contributed by atoms with E-state index >= 15 is 0 Å². The number of ether oxygens (including phenoxy) is 1. The quantitative estimate of drug-likeness (QED) is 0.677. The Hall–Kier alpha value is -1.19. The lowest BCUT2D eigenvalue weighted by atomic mass is 10.4. The van der Waals surface area contributed by atoms with Gasteiger partial charge in [0.1, 0.15) is 0 Å². The molecule has 1 aromatic rings. The minimum absolute atomic E-state index is 0.0346. The smallest absolute Gasteiger partial charge is 0.322 e. The highest BCUT2D eigenvalue weighted by atomic mass is 35.5. The van der Waals surface area contributed by atoms with Gasteiger partial charge in [-0.05, 0) is 31.9 Å². The average Bonchev–Trinajstić information content (AvgIpc) is 2.25. The van der Waals surface area contributed by atoms with Crippen molar-refractivity contribution < 1.29 is 13.2 Å². The van der Waals surface area contributed by atoms with E-state index in [1.54, 1.807) is 0 Å². The van der Waals surface area contributed by atoms with Gasteiger partial charge >= 0.3 is 6.01 Å². The van der Waals surface area contributed by atoms with Gasteiger partial charge in [0.05, 0.1) is 12.4 Å². The van der Waals surface area contributed by atoms with E-state index in [4.69, 9.17) is 16.3 Å². The second-order valence-electron chi connectivity index (χ2n) is 4.32. The maximum atomic E-state index is 10.9. The van der Waals surface area contributed by atoms with Crippen molar-refractivity contribution >= 4 is 27.6 Å². The van der Waals surface area contributed by atoms with Gasteiger partial charge in [0.2, 0.25) is 21.3 Å². The van der Waals surface area contributed by atoms with E-state index in [9.17, 15) is 8.42 Å². The summed E-state index contributed by atoms with van der Waals surface area (Å²) in [6, 6.07) is 0.150. The first-order valence-corrected chi connectivity index (χ1v) is 8.30. The van der Waals surface area contributed by atoms with Gasteiger partial charge in [0.15, 0.2) is 0 Å². The Morgan fingerprint density at radius 2 is 1.95 bits per heavy atom. The molecule has 2 N–H and O–H groups in total. The number of hydrogen-bond acceptors (Lipinski definition) is 7. The number of hydrogen-bond donors (Lipinski definition) is 2. The molecule has 0 bridgehead atoms. The molecule has 0 radical (unpaired) electrons. The van der Waals surface area contributed by atoms with E-state index in [2.05, 4.69) is 25.0 Å². The zero-order valence-corrected chi connectivity index (χ0v) is 13.1. The number of nitrogens with one attached hydrogen (secondary N) is 2. The summed E-state index contributed by atoms with van der Waals surface area (Å²) in [7, 11) is -3.16. The molecule has 0 unspecified atom stereocenters. The molecule has 0 saturated carbocycles. The van der Waals surface area contributed by atoms with Crippen LogP contribution in [0, 0.1) is 0 Å². The van der Waals surface area contributed by atoms with Gasteiger partial charge in [-0.3, -0.25) is 0 Å². The van der Waals surface area contributed by atoms with Crippen molar-refractivity contribution in [2.75, 3.05) is 24.7 Å². The fraction of sp³-hybridized carbons (Fsp3) is 0.700. The summed E-state index contributed by atoms with van der Waals surface area (Å²) in [4.78, 5) is 11.8. The summed E-state index contributed by atoms with van der Waals surface area (Å²) in [5.74, 6) is 0.292. The number of rotatable bonds is 8. The number of halogens is 1. The van der Waals surface area contributed by atoms with Gasteiger partial charge < -0.3 is 10.1 Å². The number of anilines is 1. The number of aromatic nitrogens is 3. The normalized spacial score (nSPS) is 11.7. The number of nitrogens with zero attached hydrogens (tertiary/aromatic N) is 3. The van der Waals surface area contributed by atoms with Gasteiger partial charge in [-0.15, -0.1) is 0 Å². The molecule has 10 heteroatoms. The predicted molar refractivity (Wildman–Crippen MR) is 76.6 cm³/mol. The average molecular weight is 324 g/mol. The molecule has 1 rings (SSSR count). The molecule has 0 aliphatic heterocycles. The Kier molecular flexibility index (Phi) is 6.37. The van der Waals surface area contributed by atoms with Crippen molar-refractivity contribution in [1.82, 2.24) is 19.7 Å². The van der Waals surface area contributed by atoms with Gasteiger partial charge in [-0.2, -0.15) is 15.0 Å². The third-order valence-corrected chi connectivity index (χ3v) is 2.83. The van der Waals surface area contributed by atoms with Crippen LogP contribution in [0.1, 0.15) is 20.3 Å². The van der Waals surface area contributed by atoms with Gasteiger partial charge in [-0.25, -0.2) is 13.1 Å². The van der Waals surface area contributed by atoms with Crippen LogP contribution in [-0.4, -0.2) is 48.8 Å². The van der Waals surface area contributed by atoms with E-state index in [1.807, 2.05) is 13.8 Å². The summed E-state index contributed by atoms with van der Waals surface area (Å²) in [6.07, 6.45) is 1.62. The van der Waals surface area contributed by atoms with E-state index in [1.165, 1.54) is 0 Å². The molecule has 0 amide bonds. The van der Waals surface area contributed by atoms with Crippen LogP contribution < -0.4 is 14.8 Å². The largest absolute Gasteiger partial charge is 0.461 e. The van der Waals surface area contributed by atoms with Crippen molar-refractivity contribution in [2.45, 2.75) is 26.4 Å². The lowest BCUT2D eigenvalue weighted by Crippen LogP contribution is -2.24. The second kappa shape index (κ2) is 7.55. The second-order valence-corrected chi connectivity index (χ2v) is 6.50. The van der Waals surface area contributed by atoms with Gasteiger partial charge in [0.25, 0.3) is 0 Å². The third kappa shape index (κ3) is 7.41. The van der Waals surface area contributed by atoms with Crippen LogP contribution in [0.5, 0.6) is 6.01 Å². The Morgan fingerprint density at radius 3 is 2.55 bits per heavy atom. The highest BCUT2D eigenvalue weighted by Gasteiger charge is 2.07. The molecule has 20 heavy (non-hydrogen) atoms. The maximum absolute atomic E-state index is 10.9. The first-order chi connectivity index (χ1) is 9.26. The summed E-state index contributed by atoms with van der Waals surface area (Å²) >= 11 is 5.76. The Labute approximate surface area is 123 Å². The van der Waals surface area contributed by atoms with Crippen molar-refractivity contribution in [3.63, 3.8) is 0 Å². The zero-order valence-electron chi connectivity index (χ0n) is 11.6. The lowest BCUT2D eigenvalue weighted by Gasteiger charge is -2.09. The van der Waals surface area contributed by atoms with E-state index < -0.39 is 10.0 Å². The minimum atomic E-state index is -3.16. The molecule has 1 heterocycles. The lowest BCUT2D eigenvalue weighted by molar-refractivity contribution is 0.222. The topological polar surface area (TPSA) is 106 Å². The first kappa shape index (κ1) is 16.9. The van der Waals surface area contributed by atoms with E-state index in [0.717, 1.165) is 6.26 Å². The minimum Gasteiger partial charge on any atom is -0.461 e. The molecular weight excluding hydrogens is 306 g/mol. The monoisotopic (exact) mass is 323 g/mol. The molecule has 1 aromatic heterocycles. The standard InChI is InChI=1S/C10H18ClN5O3S/c1-7(2)19-10-15-8(11)14-9(16-10)12-5-4-6-13-20(3,17)18/h7,13H,4-6H2,1-3H3,(H,12,14,15,16). The summed E-state index contributed by atoms with van der Waals surface area (Å²) in [5.41, 5.74) is 0. The first-order valence-electron chi connectivity index (χ1n) is 6.03. The molecule has 114 valence electrons. The van der Waals surface area contributed by atoms with Crippen LogP contribution in [0.3, 0.4) is 0 Å². The number of sulfonamides is 1. The van der Waals surface area contributed by atoms with E-state index in [0.29, 0.717) is 25.5 Å². The van der Waals surface area contributed by atoms with Crippen LogP contribution in [0.4, 0.5) is 5.95 Å². The molecule has 0 spiro atoms. The Balaban J connectivity index is 2.45. The summed E-state index contributed by atoms with van der Waals surface area (Å²) < 4.78 is 29.4. The molecule has 0 atom stereocenters. The summed E-state index contributed by atoms with van der Waals surface area (Å²) in [6.45, 7) is 4.52. The SMILES string of the molecule is CC(C)Oc1nc(Cl)nc(NCCCNS(C)(=O)=O)n1. The molecule has 0 aromatic carbocycles. The van der Waals surface area contributed by atoms with Crippen LogP contribution >= 0.6 is 11.6 Å². The molecule has 0 aliphatic rings. The highest BCUT2D eigenvalue weighted by molar-refractivity contribution is 7.88. The van der Waals surface area contributed by atoms with Crippen molar-refractivity contribution in [2.24, 2.45) is 0 Å². The Bertz CT molecular complexity index is 538. The van der Waals surface area contributed by atoms with Crippen molar-refractivity contribution in [1.29, 1.82) is 0 Å². The van der Waals surface area contributed by atoms with Gasteiger partial charge in [-0.1, -0.05) is 0 Å². The molecule has 8 nitrogen and oxygen atoms in total. The van der Waals surface area contributed by atoms with Crippen LogP contribution in [0.25, 0.3) is 0 Å². The fourth-order valence-corrected chi connectivity index (χ4v) is 1.89.